The molecule has 2 rings (SSSR count). The van der Waals surface area contributed by atoms with E-state index in [4.69, 9.17) is 0 Å². The smallest absolute Gasteiger partial charge is 0.230 e. The Kier molecular flexibility index (Phi) is 4.63. The van der Waals surface area contributed by atoms with Crippen molar-refractivity contribution in [1.29, 1.82) is 0 Å². The number of amides is 1. The van der Waals surface area contributed by atoms with Crippen LogP contribution >= 0.6 is 11.8 Å². The molecule has 6 heteroatoms. The Bertz CT molecular complexity index is 407. The molecule has 0 bridgehead atoms. The van der Waals surface area contributed by atoms with Crippen molar-refractivity contribution in [3.63, 3.8) is 0 Å². The van der Waals surface area contributed by atoms with Gasteiger partial charge in [0.15, 0.2) is 5.16 Å². The highest BCUT2D eigenvalue weighted by Crippen LogP contribution is 2.24. The first-order valence-electron chi connectivity index (χ1n) is 6.43. The zero-order valence-electron chi connectivity index (χ0n) is 10.9. The summed E-state index contributed by atoms with van der Waals surface area (Å²) in [6.45, 7) is 2.22. The van der Waals surface area contributed by atoms with E-state index in [1.165, 1.54) is 31.0 Å². The van der Waals surface area contributed by atoms with Crippen molar-refractivity contribution in [3.05, 3.63) is 6.33 Å². The summed E-state index contributed by atoms with van der Waals surface area (Å²) in [6, 6.07) is 0.353. The monoisotopic (exact) mass is 268 g/mol. The highest BCUT2D eigenvalue weighted by atomic mass is 32.2. The maximum Gasteiger partial charge on any atom is 0.230 e. The van der Waals surface area contributed by atoms with Gasteiger partial charge in [-0.15, -0.1) is 10.2 Å². The Morgan fingerprint density at radius 3 is 3.00 bits per heavy atom. The number of nitrogens with one attached hydrogen (secondary N) is 1. The summed E-state index contributed by atoms with van der Waals surface area (Å²) in [6.07, 6.45) is 6.50. The normalized spacial score (nSPS) is 23.9. The van der Waals surface area contributed by atoms with Crippen LogP contribution in [0.3, 0.4) is 0 Å². The molecule has 0 saturated heterocycles. The van der Waals surface area contributed by atoms with Gasteiger partial charge in [-0.25, -0.2) is 0 Å². The highest BCUT2D eigenvalue weighted by molar-refractivity contribution is 7.99. The second-order valence-electron chi connectivity index (χ2n) is 4.95. The van der Waals surface area contributed by atoms with Crippen LogP contribution in [-0.2, 0) is 11.8 Å². The summed E-state index contributed by atoms with van der Waals surface area (Å²) in [5, 5.41) is 11.6. The minimum Gasteiger partial charge on any atom is -0.352 e. The molecule has 0 aromatic carbocycles. The standard InChI is InChI=1S/C12H20N4OS/c1-9-5-3-4-6-10(9)14-11(17)7-18-12-15-13-8-16(12)2/h8-10H,3-7H2,1-2H3,(H,14,17)/t9-,10-/m1/s1. The zero-order valence-corrected chi connectivity index (χ0v) is 11.7. The van der Waals surface area contributed by atoms with Crippen LogP contribution in [0, 0.1) is 5.92 Å². The average Bonchev–Trinajstić information content (AvgIpc) is 2.75. The Morgan fingerprint density at radius 2 is 2.33 bits per heavy atom. The van der Waals surface area contributed by atoms with Crippen LogP contribution in [0.5, 0.6) is 0 Å². The fourth-order valence-electron chi connectivity index (χ4n) is 2.31. The lowest BCUT2D eigenvalue weighted by Crippen LogP contribution is -2.41. The molecule has 0 spiro atoms. The van der Waals surface area contributed by atoms with Gasteiger partial charge in [0.25, 0.3) is 0 Å². The molecule has 1 fully saturated rings. The summed E-state index contributed by atoms with van der Waals surface area (Å²) < 4.78 is 1.82. The lowest BCUT2D eigenvalue weighted by Gasteiger charge is -2.29. The number of thioether (sulfide) groups is 1. The Morgan fingerprint density at radius 1 is 1.56 bits per heavy atom. The van der Waals surface area contributed by atoms with Crippen molar-refractivity contribution in [2.45, 2.75) is 43.8 Å². The molecule has 5 nitrogen and oxygen atoms in total. The molecule has 1 N–H and O–H groups in total. The van der Waals surface area contributed by atoms with E-state index in [9.17, 15) is 4.79 Å². The van der Waals surface area contributed by atoms with Crippen LogP contribution in [0.4, 0.5) is 0 Å². The molecule has 1 saturated carbocycles. The minimum atomic E-state index is 0.0988. The molecular formula is C12H20N4OS. The van der Waals surface area contributed by atoms with Crippen molar-refractivity contribution >= 4 is 17.7 Å². The van der Waals surface area contributed by atoms with E-state index in [1.807, 2.05) is 11.6 Å². The first-order valence-corrected chi connectivity index (χ1v) is 7.41. The van der Waals surface area contributed by atoms with Gasteiger partial charge in [0.1, 0.15) is 6.33 Å². The molecule has 100 valence electrons. The average molecular weight is 268 g/mol. The summed E-state index contributed by atoms with van der Waals surface area (Å²) in [4.78, 5) is 11.9. The molecule has 0 unspecified atom stereocenters. The summed E-state index contributed by atoms with van der Waals surface area (Å²) in [5.74, 6) is 1.11. The first kappa shape index (κ1) is 13.4. The minimum absolute atomic E-state index is 0.0988. The Balaban J connectivity index is 1.76. The number of carbonyl (C=O) groups excluding carboxylic acids is 1. The summed E-state index contributed by atoms with van der Waals surface area (Å²) in [5.41, 5.74) is 0. The van der Waals surface area contributed by atoms with Gasteiger partial charge < -0.3 is 9.88 Å². The predicted molar refractivity (Wildman–Crippen MR) is 71.3 cm³/mol. The molecule has 0 aliphatic heterocycles. The number of hydrogen-bond acceptors (Lipinski definition) is 4. The van der Waals surface area contributed by atoms with Gasteiger partial charge in [-0.2, -0.15) is 0 Å². The number of nitrogens with zero attached hydrogens (tertiary/aromatic N) is 3. The third-order valence-corrected chi connectivity index (χ3v) is 4.49. The fraction of sp³-hybridized carbons (Fsp3) is 0.750. The molecule has 1 aliphatic rings. The van der Waals surface area contributed by atoms with Gasteiger partial charge >= 0.3 is 0 Å². The van der Waals surface area contributed by atoms with Crippen LogP contribution in [0.15, 0.2) is 11.5 Å². The van der Waals surface area contributed by atoms with E-state index >= 15 is 0 Å². The second kappa shape index (κ2) is 6.22. The van der Waals surface area contributed by atoms with Gasteiger partial charge in [0.2, 0.25) is 5.91 Å². The number of carbonyl (C=O) groups is 1. The van der Waals surface area contributed by atoms with Gasteiger partial charge in [-0.1, -0.05) is 31.5 Å². The highest BCUT2D eigenvalue weighted by Gasteiger charge is 2.22. The Labute approximate surface area is 112 Å². The van der Waals surface area contributed by atoms with Crippen LogP contribution < -0.4 is 5.32 Å². The molecule has 1 heterocycles. The van der Waals surface area contributed by atoms with Gasteiger partial charge in [0, 0.05) is 13.1 Å². The third kappa shape index (κ3) is 3.48. The topological polar surface area (TPSA) is 59.8 Å². The molecule has 18 heavy (non-hydrogen) atoms. The molecule has 1 aromatic heterocycles. The van der Waals surface area contributed by atoms with E-state index in [0.717, 1.165) is 11.6 Å². The lowest BCUT2D eigenvalue weighted by atomic mass is 9.86. The van der Waals surface area contributed by atoms with Gasteiger partial charge in [-0.05, 0) is 18.8 Å². The molecule has 1 aliphatic carbocycles. The molecular weight excluding hydrogens is 248 g/mol. The van der Waals surface area contributed by atoms with E-state index < -0.39 is 0 Å². The van der Waals surface area contributed by atoms with E-state index in [1.54, 1.807) is 6.33 Å². The van der Waals surface area contributed by atoms with Crippen LogP contribution in [0.1, 0.15) is 32.6 Å². The Hall–Kier alpha value is -1.04. The quantitative estimate of drug-likeness (QED) is 0.843. The van der Waals surface area contributed by atoms with Crippen molar-refractivity contribution in [3.8, 4) is 0 Å². The largest absolute Gasteiger partial charge is 0.352 e. The van der Waals surface area contributed by atoms with E-state index in [2.05, 4.69) is 22.4 Å². The number of aromatic nitrogens is 3. The maximum absolute atomic E-state index is 11.9. The van der Waals surface area contributed by atoms with Crippen LogP contribution in [-0.4, -0.2) is 32.5 Å². The first-order chi connectivity index (χ1) is 8.66. The summed E-state index contributed by atoms with van der Waals surface area (Å²) in [7, 11) is 1.88. The van der Waals surface area contributed by atoms with Crippen molar-refractivity contribution < 1.29 is 4.79 Å². The van der Waals surface area contributed by atoms with Gasteiger partial charge in [0.05, 0.1) is 5.75 Å². The van der Waals surface area contributed by atoms with E-state index in [-0.39, 0.29) is 5.91 Å². The summed E-state index contributed by atoms with van der Waals surface area (Å²) >= 11 is 1.43. The third-order valence-electron chi connectivity index (χ3n) is 3.46. The van der Waals surface area contributed by atoms with Crippen molar-refractivity contribution in [2.24, 2.45) is 13.0 Å². The maximum atomic E-state index is 11.9. The van der Waals surface area contributed by atoms with Gasteiger partial charge in [-0.3, -0.25) is 4.79 Å². The van der Waals surface area contributed by atoms with E-state index in [0.29, 0.717) is 17.7 Å². The van der Waals surface area contributed by atoms with Crippen molar-refractivity contribution in [2.75, 3.05) is 5.75 Å². The fourth-order valence-corrected chi connectivity index (χ4v) is 3.01. The lowest BCUT2D eigenvalue weighted by molar-refractivity contribution is -0.119. The molecule has 1 amide bonds. The van der Waals surface area contributed by atoms with Crippen LogP contribution in [0.25, 0.3) is 0 Å². The number of rotatable bonds is 4. The number of hydrogen-bond donors (Lipinski definition) is 1. The predicted octanol–water partition coefficient (Wildman–Crippen LogP) is 1.60. The second-order valence-corrected chi connectivity index (χ2v) is 5.89. The molecule has 0 radical (unpaired) electrons. The van der Waals surface area contributed by atoms with Crippen LogP contribution in [0.2, 0.25) is 0 Å². The molecule has 1 aromatic rings. The SMILES string of the molecule is C[C@@H]1CCCC[C@H]1NC(=O)CSc1nncn1C. The molecule has 2 atom stereocenters. The number of aryl methyl sites for hydroxylation is 1. The van der Waals surface area contributed by atoms with Crippen molar-refractivity contribution in [1.82, 2.24) is 20.1 Å². The zero-order chi connectivity index (χ0) is 13.0.